The van der Waals surface area contributed by atoms with Crippen LogP contribution in [-0.2, 0) is 38.9 Å². The van der Waals surface area contributed by atoms with Crippen LogP contribution >= 0.6 is 15.9 Å². The molecule has 3 aliphatic rings. The second-order valence-electron chi connectivity index (χ2n) is 12.5. The standard InChI is InChI=1S/C34H33BrFN7O5/c1-19(44)30-25-10-22(24-14-37-20(2)38-15-24)9-23(13-36)31(25)42(41-30)16-29(45)43-26-11-34(12-27(34)43)18-48-8-4-3-7-47-17-21-5-6-28(35)39-32(21)40-33(26)46/h3-6,9-10,14-15,26-27H,7-8,11-13,16-18H2,1-2H3,(H,39,40,46)/t26-,27?,34-/m0/s1. The number of likely N-dealkylation sites (tertiary alicyclic amines) is 1. The summed E-state index contributed by atoms with van der Waals surface area (Å²) in [5.74, 6) is -0.132. The van der Waals surface area contributed by atoms with Crippen LogP contribution in [-0.4, -0.2) is 79.1 Å². The average molecular weight is 719 g/mol. The first-order valence-corrected chi connectivity index (χ1v) is 16.4. The predicted octanol–water partition coefficient (Wildman–Crippen LogP) is 4.73. The number of ketones is 1. The number of ether oxygens (including phenoxy) is 2. The first kappa shape index (κ1) is 32.2. The van der Waals surface area contributed by atoms with Gasteiger partial charge < -0.3 is 19.7 Å². The van der Waals surface area contributed by atoms with Gasteiger partial charge in [-0.25, -0.2) is 19.3 Å². The minimum atomic E-state index is -0.855. The monoisotopic (exact) mass is 717 g/mol. The lowest BCUT2D eigenvalue weighted by Crippen LogP contribution is -2.47. The zero-order valence-corrected chi connectivity index (χ0v) is 28.0. The molecule has 1 aromatic carbocycles. The average Bonchev–Trinajstić information content (AvgIpc) is 3.47. The van der Waals surface area contributed by atoms with Gasteiger partial charge in [-0.1, -0.05) is 18.2 Å². The lowest BCUT2D eigenvalue weighted by molar-refractivity contribution is -0.138. The Balaban J connectivity index is 1.23. The van der Waals surface area contributed by atoms with Crippen molar-refractivity contribution in [3.63, 3.8) is 0 Å². The molecule has 2 amide bonds. The number of nitrogens with zero attached hydrogens (tertiary/aromatic N) is 6. The Hall–Kier alpha value is -4.40. The van der Waals surface area contributed by atoms with Crippen molar-refractivity contribution < 1.29 is 28.2 Å². The van der Waals surface area contributed by atoms with Gasteiger partial charge in [0.15, 0.2) is 5.78 Å². The highest BCUT2D eigenvalue weighted by Crippen LogP contribution is 2.60. The second kappa shape index (κ2) is 12.9. The number of rotatable bonds is 5. The lowest BCUT2D eigenvalue weighted by atomic mass is 10.00. The molecule has 2 bridgehead atoms. The van der Waals surface area contributed by atoms with Crippen molar-refractivity contribution in [2.75, 3.05) is 25.1 Å². The number of carbonyl (C=O) groups excluding carboxylic acids is 3. The Morgan fingerprint density at radius 3 is 2.62 bits per heavy atom. The first-order chi connectivity index (χ1) is 23.2. The van der Waals surface area contributed by atoms with E-state index >= 15 is 0 Å². The molecule has 3 atom stereocenters. The number of nitrogens with one attached hydrogen (secondary N) is 1. The molecule has 2 aliphatic heterocycles. The summed E-state index contributed by atoms with van der Waals surface area (Å²) in [7, 11) is 0. The molecule has 5 heterocycles. The number of piperidine rings is 1. The molecule has 2 fully saturated rings. The van der Waals surface area contributed by atoms with Crippen LogP contribution in [0.1, 0.15) is 47.2 Å². The maximum Gasteiger partial charge on any atom is 0.248 e. The Bertz CT molecular complexity index is 1970. The van der Waals surface area contributed by atoms with Gasteiger partial charge in [0.2, 0.25) is 11.8 Å². The number of aromatic nitrogens is 5. The third-order valence-corrected chi connectivity index (χ3v) is 9.68. The van der Waals surface area contributed by atoms with Crippen LogP contribution < -0.4 is 5.32 Å². The number of halogens is 2. The highest BCUT2D eigenvalue weighted by Gasteiger charge is 2.67. The van der Waals surface area contributed by atoms with Gasteiger partial charge in [-0.05, 0) is 59.5 Å². The molecule has 14 heteroatoms. The van der Waals surface area contributed by atoms with E-state index in [1.807, 2.05) is 18.2 Å². The van der Waals surface area contributed by atoms with Crippen LogP contribution in [0.4, 0.5) is 10.2 Å². The number of anilines is 1. The van der Waals surface area contributed by atoms with Crippen LogP contribution in [0.25, 0.3) is 22.0 Å². The molecule has 7 rings (SSSR count). The summed E-state index contributed by atoms with van der Waals surface area (Å²) in [6.07, 6.45) is 8.15. The molecule has 1 saturated heterocycles. The van der Waals surface area contributed by atoms with Gasteiger partial charge in [-0.15, -0.1) is 0 Å². The van der Waals surface area contributed by atoms with Crippen LogP contribution in [0.2, 0.25) is 0 Å². The quantitative estimate of drug-likeness (QED) is 0.176. The highest BCUT2D eigenvalue weighted by atomic mass is 79.9. The summed E-state index contributed by atoms with van der Waals surface area (Å²) in [6.45, 7) is 3.37. The van der Waals surface area contributed by atoms with Gasteiger partial charge in [0.25, 0.3) is 0 Å². The fourth-order valence-electron chi connectivity index (χ4n) is 6.81. The van der Waals surface area contributed by atoms with E-state index < -0.39 is 12.7 Å². The van der Waals surface area contributed by atoms with Crippen molar-refractivity contribution in [1.29, 1.82) is 0 Å². The summed E-state index contributed by atoms with van der Waals surface area (Å²) >= 11 is 3.38. The first-order valence-electron chi connectivity index (χ1n) is 15.6. The summed E-state index contributed by atoms with van der Waals surface area (Å²) in [6, 6.07) is 5.97. The normalized spacial score (nSPS) is 22.4. The predicted molar refractivity (Wildman–Crippen MR) is 177 cm³/mol. The van der Waals surface area contributed by atoms with E-state index in [2.05, 4.69) is 41.3 Å². The number of hydrogen-bond donors (Lipinski definition) is 1. The number of carbonyl (C=O) groups is 3. The molecule has 0 radical (unpaired) electrons. The molecule has 3 aromatic heterocycles. The summed E-state index contributed by atoms with van der Waals surface area (Å²) < 4.78 is 28.3. The van der Waals surface area contributed by atoms with Gasteiger partial charge in [0, 0.05) is 52.9 Å². The van der Waals surface area contributed by atoms with E-state index in [9.17, 15) is 18.8 Å². The molecule has 1 spiro atoms. The zero-order chi connectivity index (χ0) is 33.6. The number of Topliss-reactive ketones (excluding diaryl/α,β-unsaturated/α-hetero) is 1. The SMILES string of the molecule is CC(=O)c1nn(CC(=O)N2C3C[C@@]34COCC=CCOCc3ccc(Br)nc3NC(=O)[C@@H]2C4)c2c(CF)cc(-c3cnc(C)nc3)cc12. The van der Waals surface area contributed by atoms with Crippen LogP contribution in [0.15, 0.2) is 53.4 Å². The number of aryl methyl sites for hydroxylation is 1. The molecule has 248 valence electrons. The van der Waals surface area contributed by atoms with E-state index in [0.717, 1.165) is 0 Å². The maximum atomic E-state index is 14.7. The fourth-order valence-corrected chi connectivity index (χ4v) is 7.12. The number of fused-ring (bicyclic) bond motifs is 3. The van der Waals surface area contributed by atoms with Crippen LogP contribution in [0.3, 0.4) is 0 Å². The number of benzene rings is 1. The van der Waals surface area contributed by atoms with Gasteiger partial charge in [0.05, 0.1) is 31.9 Å². The van der Waals surface area contributed by atoms with Crippen molar-refractivity contribution in [3.05, 3.63) is 76.1 Å². The Morgan fingerprint density at radius 2 is 1.88 bits per heavy atom. The largest absolute Gasteiger partial charge is 0.377 e. The van der Waals surface area contributed by atoms with Crippen LogP contribution in [0.5, 0.6) is 0 Å². The Morgan fingerprint density at radius 1 is 1.10 bits per heavy atom. The van der Waals surface area contributed by atoms with Gasteiger partial charge in [-0.3, -0.25) is 19.1 Å². The van der Waals surface area contributed by atoms with E-state index in [1.165, 1.54) is 11.6 Å². The van der Waals surface area contributed by atoms with Crippen molar-refractivity contribution >= 4 is 50.2 Å². The summed E-state index contributed by atoms with van der Waals surface area (Å²) in [5, 5.41) is 7.88. The molecule has 1 unspecified atom stereocenters. The molecular formula is C34H33BrFN7O5. The molecule has 1 saturated carbocycles. The van der Waals surface area contributed by atoms with E-state index in [1.54, 1.807) is 42.4 Å². The van der Waals surface area contributed by atoms with Gasteiger partial charge in [0.1, 0.15) is 41.2 Å². The molecule has 48 heavy (non-hydrogen) atoms. The van der Waals surface area contributed by atoms with E-state index in [-0.39, 0.29) is 53.5 Å². The van der Waals surface area contributed by atoms with Crippen molar-refractivity contribution in [1.82, 2.24) is 29.6 Å². The number of hydrogen-bond acceptors (Lipinski definition) is 9. The third-order valence-electron chi connectivity index (χ3n) is 9.24. The molecule has 12 nitrogen and oxygen atoms in total. The molecular weight excluding hydrogens is 685 g/mol. The molecule has 1 aliphatic carbocycles. The topological polar surface area (TPSA) is 141 Å². The van der Waals surface area contributed by atoms with Gasteiger partial charge in [-0.2, -0.15) is 5.10 Å². The van der Waals surface area contributed by atoms with Crippen molar-refractivity contribution in [3.8, 4) is 11.1 Å². The highest BCUT2D eigenvalue weighted by molar-refractivity contribution is 9.10. The maximum absolute atomic E-state index is 14.7. The van der Waals surface area contributed by atoms with E-state index in [4.69, 9.17) is 9.47 Å². The minimum Gasteiger partial charge on any atom is -0.377 e. The number of pyridine rings is 1. The molecule has 4 aromatic rings. The fraction of sp³-hybridized carbons (Fsp3) is 0.382. The van der Waals surface area contributed by atoms with Crippen LogP contribution in [0, 0.1) is 12.3 Å². The van der Waals surface area contributed by atoms with E-state index in [0.29, 0.717) is 76.5 Å². The minimum absolute atomic E-state index is 0.122. The second-order valence-corrected chi connectivity index (χ2v) is 13.3. The molecule has 1 N–H and O–H groups in total. The summed E-state index contributed by atoms with van der Waals surface area (Å²) in [5.41, 5.74) is 2.34. The smallest absolute Gasteiger partial charge is 0.248 e. The third kappa shape index (κ3) is 6.03. The van der Waals surface area contributed by atoms with Crippen molar-refractivity contribution in [2.45, 2.75) is 58.6 Å². The summed E-state index contributed by atoms with van der Waals surface area (Å²) in [4.78, 5) is 55.5. The zero-order valence-electron chi connectivity index (χ0n) is 26.4. The number of alkyl halides is 1. The Kier molecular flexibility index (Phi) is 8.64. The Labute approximate surface area is 283 Å². The number of amides is 2. The van der Waals surface area contributed by atoms with Crippen molar-refractivity contribution in [2.24, 2.45) is 5.41 Å². The lowest BCUT2D eigenvalue weighted by Gasteiger charge is -2.27. The van der Waals surface area contributed by atoms with Gasteiger partial charge >= 0.3 is 0 Å².